The number of oxime groups is 1. The standard InChI is InChI=1S/C10H21N3O3/c1-2-8(5-9(11)13-15)12-6-10(14)3-4-16-7-10/h8,12,14-15H,2-7H2,1H3,(H2,11,13). The van der Waals surface area contributed by atoms with Gasteiger partial charge in [0, 0.05) is 32.0 Å². The normalized spacial score (nSPS) is 28.2. The highest BCUT2D eigenvalue weighted by Crippen LogP contribution is 2.17. The van der Waals surface area contributed by atoms with Crippen molar-refractivity contribution in [3.63, 3.8) is 0 Å². The van der Waals surface area contributed by atoms with E-state index in [-0.39, 0.29) is 11.9 Å². The maximum Gasteiger partial charge on any atom is 0.140 e. The number of aliphatic hydroxyl groups is 1. The molecule has 0 bridgehead atoms. The summed E-state index contributed by atoms with van der Waals surface area (Å²) in [4.78, 5) is 0. The second-order valence-electron chi connectivity index (χ2n) is 4.31. The zero-order valence-corrected chi connectivity index (χ0v) is 9.65. The van der Waals surface area contributed by atoms with Gasteiger partial charge in [0.2, 0.25) is 0 Å². The van der Waals surface area contributed by atoms with Crippen molar-refractivity contribution in [2.24, 2.45) is 10.9 Å². The Hall–Kier alpha value is -0.850. The van der Waals surface area contributed by atoms with Gasteiger partial charge in [-0.05, 0) is 6.42 Å². The van der Waals surface area contributed by atoms with Crippen LogP contribution in [0.3, 0.4) is 0 Å². The molecule has 0 saturated carbocycles. The first-order valence-electron chi connectivity index (χ1n) is 5.59. The molecule has 6 heteroatoms. The Bertz CT molecular complexity index is 239. The Balaban J connectivity index is 2.33. The van der Waals surface area contributed by atoms with Gasteiger partial charge < -0.3 is 26.1 Å². The third kappa shape index (κ3) is 3.96. The van der Waals surface area contributed by atoms with Crippen LogP contribution in [0.5, 0.6) is 0 Å². The van der Waals surface area contributed by atoms with E-state index >= 15 is 0 Å². The van der Waals surface area contributed by atoms with Gasteiger partial charge in [-0.1, -0.05) is 12.1 Å². The molecule has 16 heavy (non-hydrogen) atoms. The van der Waals surface area contributed by atoms with E-state index in [2.05, 4.69) is 10.5 Å². The third-order valence-corrected chi connectivity index (χ3v) is 2.88. The first kappa shape index (κ1) is 13.2. The second-order valence-corrected chi connectivity index (χ2v) is 4.31. The van der Waals surface area contributed by atoms with Crippen LogP contribution >= 0.6 is 0 Å². The molecule has 0 spiro atoms. The lowest BCUT2D eigenvalue weighted by Gasteiger charge is -2.24. The molecule has 1 rings (SSSR count). The fourth-order valence-corrected chi connectivity index (χ4v) is 1.72. The Kier molecular flexibility index (Phi) is 4.98. The zero-order chi connectivity index (χ0) is 12.0. The molecule has 94 valence electrons. The highest BCUT2D eigenvalue weighted by molar-refractivity contribution is 5.80. The molecule has 0 radical (unpaired) electrons. The number of nitrogens with zero attached hydrogens (tertiary/aromatic N) is 1. The quantitative estimate of drug-likeness (QED) is 0.216. The zero-order valence-electron chi connectivity index (χ0n) is 9.65. The van der Waals surface area contributed by atoms with Gasteiger partial charge in [-0.3, -0.25) is 0 Å². The highest BCUT2D eigenvalue weighted by atomic mass is 16.5. The van der Waals surface area contributed by atoms with Gasteiger partial charge in [-0.15, -0.1) is 0 Å². The summed E-state index contributed by atoms with van der Waals surface area (Å²) in [5, 5.41) is 24.7. The number of amidine groups is 1. The van der Waals surface area contributed by atoms with Crippen molar-refractivity contribution in [2.75, 3.05) is 19.8 Å². The number of nitrogens with two attached hydrogens (primary N) is 1. The van der Waals surface area contributed by atoms with Gasteiger partial charge in [0.1, 0.15) is 11.4 Å². The summed E-state index contributed by atoms with van der Waals surface area (Å²) in [6.07, 6.45) is 1.98. The molecule has 2 unspecified atom stereocenters. The first-order chi connectivity index (χ1) is 7.59. The van der Waals surface area contributed by atoms with E-state index in [1.165, 1.54) is 0 Å². The van der Waals surface area contributed by atoms with E-state index in [0.29, 0.717) is 32.6 Å². The minimum absolute atomic E-state index is 0.112. The van der Waals surface area contributed by atoms with Crippen LogP contribution in [0.2, 0.25) is 0 Å². The van der Waals surface area contributed by atoms with Gasteiger partial charge in [-0.2, -0.15) is 0 Å². The minimum atomic E-state index is -0.765. The Morgan fingerprint density at radius 2 is 2.44 bits per heavy atom. The molecule has 1 fully saturated rings. The van der Waals surface area contributed by atoms with Gasteiger partial charge >= 0.3 is 0 Å². The average molecular weight is 231 g/mol. The van der Waals surface area contributed by atoms with E-state index in [1.807, 2.05) is 6.92 Å². The summed E-state index contributed by atoms with van der Waals surface area (Å²) in [7, 11) is 0. The van der Waals surface area contributed by atoms with E-state index in [9.17, 15) is 5.11 Å². The van der Waals surface area contributed by atoms with Gasteiger partial charge in [0.25, 0.3) is 0 Å². The van der Waals surface area contributed by atoms with Crippen LogP contribution in [0.15, 0.2) is 5.16 Å². The third-order valence-electron chi connectivity index (χ3n) is 2.88. The summed E-state index contributed by atoms with van der Waals surface area (Å²) in [5.41, 5.74) is 4.67. The number of nitrogens with one attached hydrogen (secondary N) is 1. The van der Waals surface area contributed by atoms with E-state index in [0.717, 1.165) is 6.42 Å². The maximum atomic E-state index is 10.0. The van der Waals surface area contributed by atoms with Gasteiger partial charge in [0.05, 0.1) is 6.61 Å². The highest BCUT2D eigenvalue weighted by Gasteiger charge is 2.32. The van der Waals surface area contributed by atoms with Crippen molar-refractivity contribution in [3.05, 3.63) is 0 Å². The maximum absolute atomic E-state index is 10.0. The van der Waals surface area contributed by atoms with Crippen LogP contribution in [-0.4, -0.2) is 47.6 Å². The molecule has 5 N–H and O–H groups in total. The monoisotopic (exact) mass is 231 g/mol. The van der Waals surface area contributed by atoms with Crippen molar-refractivity contribution in [2.45, 2.75) is 37.8 Å². The number of rotatable bonds is 6. The molecular weight excluding hydrogens is 210 g/mol. The smallest absolute Gasteiger partial charge is 0.140 e. The summed E-state index contributed by atoms with van der Waals surface area (Å²) >= 11 is 0. The molecule has 0 aromatic rings. The molecule has 1 saturated heterocycles. The molecule has 1 heterocycles. The number of ether oxygens (including phenoxy) is 1. The molecule has 0 aromatic carbocycles. The van der Waals surface area contributed by atoms with Crippen molar-refractivity contribution in [3.8, 4) is 0 Å². The average Bonchev–Trinajstić information content (AvgIpc) is 2.71. The van der Waals surface area contributed by atoms with Crippen LogP contribution < -0.4 is 11.1 Å². The molecule has 6 nitrogen and oxygen atoms in total. The summed E-state index contributed by atoms with van der Waals surface area (Å²) in [5.74, 6) is 0.203. The van der Waals surface area contributed by atoms with Crippen LogP contribution in [0.4, 0.5) is 0 Å². The van der Waals surface area contributed by atoms with Crippen molar-refractivity contribution in [1.29, 1.82) is 0 Å². The predicted molar refractivity (Wildman–Crippen MR) is 60.5 cm³/mol. The number of hydrogen-bond acceptors (Lipinski definition) is 5. The molecular formula is C10H21N3O3. The van der Waals surface area contributed by atoms with Crippen molar-refractivity contribution >= 4 is 5.84 Å². The van der Waals surface area contributed by atoms with Gasteiger partial charge in [-0.25, -0.2) is 0 Å². The lowest BCUT2D eigenvalue weighted by Crippen LogP contribution is -2.45. The Labute approximate surface area is 95.5 Å². The molecule has 0 amide bonds. The van der Waals surface area contributed by atoms with Gasteiger partial charge in [0.15, 0.2) is 0 Å². The van der Waals surface area contributed by atoms with Crippen molar-refractivity contribution < 1.29 is 15.1 Å². The fraction of sp³-hybridized carbons (Fsp3) is 0.900. The van der Waals surface area contributed by atoms with Crippen LogP contribution in [0.1, 0.15) is 26.2 Å². The first-order valence-corrected chi connectivity index (χ1v) is 5.59. The SMILES string of the molecule is CCC(CC(N)=NO)NCC1(O)CCOC1. The van der Waals surface area contributed by atoms with Crippen LogP contribution in [-0.2, 0) is 4.74 Å². The molecule has 1 aliphatic heterocycles. The van der Waals surface area contributed by atoms with Crippen molar-refractivity contribution in [1.82, 2.24) is 5.32 Å². The Morgan fingerprint density at radius 1 is 1.69 bits per heavy atom. The topological polar surface area (TPSA) is 100 Å². The molecule has 0 aromatic heterocycles. The lowest BCUT2D eigenvalue weighted by molar-refractivity contribution is 0.0248. The molecule has 0 aliphatic carbocycles. The lowest BCUT2D eigenvalue weighted by atomic mass is 10.0. The fourth-order valence-electron chi connectivity index (χ4n) is 1.72. The largest absolute Gasteiger partial charge is 0.409 e. The molecule has 2 atom stereocenters. The summed E-state index contributed by atoms with van der Waals surface area (Å²) < 4.78 is 5.15. The van der Waals surface area contributed by atoms with E-state index < -0.39 is 5.60 Å². The van der Waals surface area contributed by atoms with E-state index in [4.69, 9.17) is 15.7 Å². The minimum Gasteiger partial charge on any atom is -0.409 e. The van der Waals surface area contributed by atoms with Crippen LogP contribution in [0, 0.1) is 0 Å². The van der Waals surface area contributed by atoms with Crippen LogP contribution in [0.25, 0.3) is 0 Å². The Morgan fingerprint density at radius 3 is 2.94 bits per heavy atom. The molecule has 1 aliphatic rings. The number of hydrogen-bond donors (Lipinski definition) is 4. The summed E-state index contributed by atoms with van der Waals surface area (Å²) in [6.45, 7) is 3.47. The van der Waals surface area contributed by atoms with E-state index in [1.54, 1.807) is 0 Å². The second kappa shape index (κ2) is 6.03. The summed E-state index contributed by atoms with van der Waals surface area (Å²) in [6, 6.07) is 0.112. The predicted octanol–water partition coefficient (Wildman–Crippen LogP) is -0.357.